The Morgan fingerprint density at radius 1 is 1.62 bits per heavy atom. The summed E-state index contributed by atoms with van der Waals surface area (Å²) in [6.45, 7) is 1.79. The average Bonchev–Trinajstić information content (AvgIpc) is 2.60. The van der Waals surface area contributed by atoms with Gasteiger partial charge in [0, 0.05) is 6.54 Å². The Morgan fingerprint density at radius 3 is 3.00 bits per heavy atom. The van der Waals surface area contributed by atoms with E-state index in [2.05, 4.69) is 10.00 Å². The Balaban J connectivity index is 2.29. The van der Waals surface area contributed by atoms with E-state index in [0.717, 1.165) is 25.9 Å². The molecule has 0 radical (unpaired) electrons. The Labute approximate surface area is 93.1 Å². The Bertz CT molecular complexity index is 402. The molecule has 1 aliphatic heterocycles. The minimum Gasteiger partial charge on any atom is -0.504 e. The van der Waals surface area contributed by atoms with Crippen LogP contribution >= 0.6 is 0 Å². The summed E-state index contributed by atoms with van der Waals surface area (Å²) in [6.07, 6.45) is 3.10. The van der Waals surface area contributed by atoms with Crippen molar-refractivity contribution in [2.24, 2.45) is 0 Å². The molecule has 0 amide bonds. The van der Waals surface area contributed by atoms with Gasteiger partial charge >= 0.3 is 5.97 Å². The standard InChI is InChI=1S/C10H15N3O3/c1-12-4-2-3-7(6-12)13-9(10(15)16)8(14)5-11-13/h5,7,14H,2-4,6H2,1H3,(H,15,16). The molecule has 1 unspecified atom stereocenters. The van der Waals surface area contributed by atoms with Gasteiger partial charge in [-0.15, -0.1) is 0 Å². The molecule has 1 saturated heterocycles. The van der Waals surface area contributed by atoms with Gasteiger partial charge in [-0.1, -0.05) is 0 Å². The van der Waals surface area contributed by atoms with Crippen LogP contribution in [0.2, 0.25) is 0 Å². The van der Waals surface area contributed by atoms with Gasteiger partial charge in [-0.2, -0.15) is 5.10 Å². The summed E-state index contributed by atoms with van der Waals surface area (Å²) in [4.78, 5) is 13.1. The number of rotatable bonds is 2. The predicted octanol–water partition coefficient (Wildman–Crippen LogP) is 0.554. The van der Waals surface area contributed by atoms with Gasteiger partial charge in [0.15, 0.2) is 11.4 Å². The number of aromatic hydroxyl groups is 1. The summed E-state index contributed by atoms with van der Waals surface area (Å²) < 4.78 is 1.42. The molecule has 88 valence electrons. The number of likely N-dealkylation sites (tertiary alicyclic amines) is 1. The van der Waals surface area contributed by atoms with Crippen molar-refractivity contribution in [3.63, 3.8) is 0 Å². The molecule has 0 saturated carbocycles. The zero-order chi connectivity index (χ0) is 11.7. The van der Waals surface area contributed by atoms with Gasteiger partial charge in [-0.25, -0.2) is 4.79 Å². The topological polar surface area (TPSA) is 78.6 Å². The van der Waals surface area contributed by atoms with Crippen LogP contribution in [-0.4, -0.2) is 51.0 Å². The third kappa shape index (κ3) is 1.88. The van der Waals surface area contributed by atoms with Gasteiger partial charge in [0.1, 0.15) is 0 Å². The first kappa shape index (κ1) is 10.9. The summed E-state index contributed by atoms with van der Waals surface area (Å²) >= 11 is 0. The minimum atomic E-state index is -1.14. The van der Waals surface area contributed by atoms with Gasteiger partial charge in [-0.3, -0.25) is 4.68 Å². The zero-order valence-corrected chi connectivity index (χ0v) is 9.13. The maximum atomic E-state index is 11.0. The van der Waals surface area contributed by atoms with Crippen molar-refractivity contribution in [1.82, 2.24) is 14.7 Å². The average molecular weight is 225 g/mol. The lowest BCUT2D eigenvalue weighted by Crippen LogP contribution is -2.35. The molecule has 0 spiro atoms. The van der Waals surface area contributed by atoms with Gasteiger partial charge in [0.05, 0.1) is 12.2 Å². The van der Waals surface area contributed by atoms with E-state index < -0.39 is 5.97 Å². The fourth-order valence-corrected chi connectivity index (χ4v) is 2.18. The molecule has 16 heavy (non-hydrogen) atoms. The van der Waals surface area contributed by atoms with Crippen molar-refractivity contribution < 1.29 is 15.0 Å². The van der Waals surface area contributed by atoms with Crippen LogP contribution in [0.25, 0.3) is 0 Å². The number of piperidine rings is 1. The van der Waals surface area contributed by atoms with Gasteiger partial charge in [0.25, 0.3) is 0 Å². The van der Waals surface area contributed by atoms with Crippen LogP contribution in [0.5, 0.6) is 5.75 Å². The molecule has 0 aliphatic carbocycles. The highest BCUT2D eigenvalue weighted by Crippen LogP contribution is 2.25. The lowest BCUT2D eigenvalue weighted by molar-refractivity contribution is 0.0671. The van der Waals surface area contributed by atoms with Crippen molar-refractivity contribution in [3.8, 4) is 5.75 Å². The van der Waals surface area contributed by atoms with Crippen molar-refractivity contribution in [2.45, 2.75) is 18.9 Å². The lowest BCUT2D eigenvalue weighted by atomic mass is 10.1. The fourth-order valence-electron chi connectivity index (χ4n) is 2.18. The molecule has 0 bridgehead atoms. The third-order valence-electron chi connectivity index (χ3n) is 2.92. The third-order valence-corrected chi connectivity index (χ3v) is 2.92. The highest BCUT2D eigenvalue weighted by Gasteiger charge is 2.26. The second kappa shape index (κ2) is 4.13. The van der Waals surface area contributed by atoms with Gasteiger partial charge in [-0.05, 0) is 26.4 Å². The van der Waals surface area contributed by atoms with Crippen LogP contribution < -0.4 is 0 Å². The Kier molecular flexibility index (Phi) is 2.82. The van der Waals surface area contributed by atoms with Crippen molar-refractivity contribution in [1.29, 1.82) is 0 Å². The largest absolute Gasteiger partial charge is 0.504 e. The Hall–Kier alpha value is -1.56. The number of carboxylic acids is 1. The maximum absolute atomic E-state index is 11.0. The number of hydrogen-bond acceptors (Lipinski definition) is 4. The number of carbonyl (C=O) groups is 1. The van der Waals surface area contributed by atoms with E-state index in [-0.39, 0.29) is 17.5 Å². The molecule has 1 aromatic heterocycles. The van der Waals surface area contributed by atoms with Gasteiger partial charge in [0.2, 0.25) is 0 Å². The second-order valence-corrected chi connectivity index (χ2v) is 4.19. The number of aromatic carboxylic acids is 1. The van der Waals surface area contributed by atoms with Crippen LogP contribution in [-0.2, 0) is 0 Å². The predicted molar refractivity (Wildman–Crippen MR) is 56.6 cm³/mol. The summed E-state index contributed by atoms with van der Waals surface area (Å²) in [5.41, 5.74) is -0.111. The van der Waals surface area contributed by atoms with E-state index in [9.17, 15) is 9.90 Å². The number of nitrogens with zero attached hydrogens (tertiary/aromatic N) is 3. The zero-order valence-electron chi connectivity index (χ0n) is 9.13. The van der Waals surface area contributed by atoms with E-state index in [1.807, 2.05) is 7.05 Å². The van der Waals surface area contributed by atoms with Crippen molar-refractivity contribution in [2.75, 3.05) is 20.1 Å². The lowest BCUT2D eigenvalue weighted by Gasteiger charge is -2.30. The van der Waals surface area contributed by atoms with E-state index in [0.29, 0.717) is 0 Å². The molecule has 2 rings (SSSR count). The minimum absolute atomic E-state index is 0.0331. The first-order valence-corrected chi connectivity index (χ1v) is 5.28. The maximum Gasteiger partial charge on any atom is 0.358 e. The molecule has 1 fully saturated rings. The normalized spacial score (nSPS) is 22.2. The molecule has 2 heterocycles. The summed E-state index contributed by atoms with van der Waals surface area (Å²) in [6, 6.07) is 0.0331. The highest BCUT2D eigenvalue weighted by atomic mass is 16.4. The number of likely N-dealkylation sites (N-methyl/N-ethyl adjacent to an activating group) is 1. The van der Waals surface area contributed by atoms with Crippen molar-refractivity contribution in [3.05, 3.63) is 11.9 Å². The number of carboxylic acid groups (broad SMARTS) is 1. The van der Waals surface area contributed by atoms with E-state index >= 15 is 0 Å². The summed E-state index contributed by atoms with van der Waals surface area (Å²) in [7, 11) is 2.00. The molecule has 1 aliphatic rings. The molecule has 1 aromatic rings. The van der Waals surface area contributed by atoms with Crippen LogP contribution in [0.15, 0.2) is 6.20 Å². The highest BCUT2D eigenvalue weighted by molar-refractivity contribution is 5.88. The SMILES string of the molecule is CN1CCCC(n2ncc(O)c2C(=O)O)C1. The van der Waals surface area contributed by atoms with Gasteiger partial charge < -0.3 is 15.1 Å². The van der Waals surface area contributed by atoms with Crippen LogP contribution in [0, 0.1) is 0 Å². The smallest absolute Gasteiger partial charge is 0.358 e. The van der Waals surface area contributed by atoms with Crippen LogP contribution in [0.3, 0.4) is 0 Å². The molecular weight excluding hydrogens is 210 g/mol. The molecular formula is C10H15N3O3. The molecule has 2 N–H and O–H groups in total. The second-order valence-electron chi connectivity index (χ2n) is 4.19. The van der Waals surface area contributed by atoms with Crippen LogP contribution in [0.4, 0.5) is 0 Å². The quantitative estimate of drug-likeness (QED) is 0.768. The first-order valence-electron chi connectivity index (χ1n) is 5.28. The van der Waals surface area contributed by atoms with E-state index in [1.165, 1.54) is 10.9 Å². The van der Waals surface area contributed by atoms with E-state index in [1.54, 1.807) is 0 Å². The number of aromatic nitrogens is 2. The number of hydrogen-bond donors (Lipinski definition) is 2. The van der Waals surface area contributed by atoms with Crippen molar-refractivity contribution >= 4 is 5.97 Å². The fraction of sp³-hybridized carbons (Fsp3) is 0.600. The summed E-state index contributed by atoms with van der Waals surface area (Å²) in [5, 5.41) is 22.4. The molecule has 6 nitrogen and oxygen atoms in total. The van der Waals surface area contributed by atoms with Crippen LogP contribution in [0.1, 0.15) is 29.4 Å². The Morgan fingerprint density at radius 2 is 2.38 bits per heavy atom. The molecule has 0 aromatic carbocycles. The summed E-state index contributed by atoms with van der Waals surface area (Å²) in [5.74, 6) is -1.40. The van der Waals surface area contributed by atoms with E-state index in [4.69, 9.17) is 5.11 Å². The monoisotopic (exact) mass is 225 g/mol. The molecule has 6 heteroatoms. The molecule has 1 atom stereocenters. The first-order chi connectivity index (χ1) is 7.59.